The zero-order chi connectivity index (χ0) is 29.4. The van der Waals surface area contributed by atoms with Crippen molar-refractivity contribution in [1.82, 2.24) is 24.3 Å². The number of aromatic amines is 1. The van der Waals surface area contributed by atoms with Gasteiger partial charge in [-0.25, -0.2) is 9.18 Å². The van der Waals surface area contributed by atoms with Crippen LogP contribution in [-0.2, 0) is 27.3 Å². The molecule has 0 spiro atoms. The molecule has 0 fully saturated rings. The molecule has 40 heavy (non-hydrogen) atoms. The molecule has 0 saturated carbocycles. The molecule has 0 aliphatic rings. The van der Waals surface area contributed by atoms with Crippen molar-refractivity contribution in [2.75, 3.05) is 33.5 Å². The number of hydrogen-bond donors (Lipinski definition) is 2. The second-order valence-corrected chi connectivity index (χ2v) is 9.71. The van der Waals surface area contributed by atoms with Crippen LogP contribution < -0.4 is 10.9 Å². The van der Waals surface area contributed by atoms with E-state index in [2.05, 4.69) is 15.3 Å². The quantitative estimate of drug-likeness (QED) is 0.350. The van der Waals surface area contributed by atoms with Crippen LogP contribution in [0.4, 0.5) is 14.9 Å². The van der Waals surface area contributed by atoms with E-state index in [1.54, 1.807) is 38.5 Å². The van der Waals surface area contributed by atoms with E-state index >= 15 is 0 Å². The van der Waals surface area contributed by atoms with Crippen LogP contribution in [0.2, 0.25) is 0 Å². The van der Waals surface area contributed by atoms with Crippen LogP contribution in [0.1, 0.15) is 37.4 Å². The summed E-state index contributed by atoms with van der Waals surface area (Å²) in [7, 11) is 6.21. The van der Waals surface area contributed by atoms with Crippen molar-refractivity contribution in [3.8, 4) is 0 Å². The molecule has 0 unspecified atom stereocenters. The minimum Gasteiger partial charge on any atom is -0.436 e. The summed E-state index contributed by atoms with van der Waals surface area (Å²) in [6, 6.07) is 4.83. The molecule has 1 atom stereocenters. The molecule has 0 saturated heterocycles. The number of fused-ring (bicyclic) bond motifs is 1. The number of nitrogens with one attached hydrogen (secondary N) is 2. The van der Waals surface area contributed by atoms with Gasteiger partial charge >= 0.3 is 6.09 Å². The second-order valence-electron chi connectivity index (χ2n) is 9.71. The monoisotopic (exact) mass is 554 g/mol. The minimum atomic E-state index is -1.20. The second kappa shape index (κ2) is 13.5. The Morgan fingerprint density at radius 1 is 1.23 bits per heavy atom. The molecular weight excluding hydrogens is 519 g/mol. The van der Waals surface area contributed by atoms with Crippen molar-refractivity contribution < 1.29 is 23.5 Å². The number of carbonyl (C=O) groups excluding carboxylic acids is 3. The average molecular weight is 555 g/mol. The van der Waals surface area contributed by atoms with Crippen molar-refractivity contribution in [2.24, 2.45) is 0 Å². The third-order valence-corrected chi connectivity index (χ3v) is 6.08. The van der Waals surface area contributed by atoms with Crippen molar-refractivity contribution >= 4 is 34.6 Å². The normalized spacial score (nSPS) is 11.9. The molecule has 3 aromatic heterocycles. The zero-order valence-corrected chi connectivity index (χ0v) is 23.4. The summed E-state index contributed by atoms with van der Waals surface area (Å²) in [6.07, 6.45) is 5.51. The lowest BCUT2D eigenvalue weighted by Gasteiger charge is -2.19. The number of carbonyl (C=O) groups is 3. The molecule has 0 aromatic carbocycles. The fourth-order valence-corrected chi connectivity index (χ4v) is 3.94. The Balaban J connectivity index is 1.78. The number of allylic oxidation sites excluding steroid dienone is 1. The number of pyridine rings is 2. The van der Waals surface area contributed by atoms with Gasteiger partial charge < -0.3 is 29.4 Å². The number of amides is 3. The van der Waals surface area contributed by atoms with Crippen LogP contribution in [0.15, 0.2) is 47.5 Å². The van der Waals surface area contributed by atoms with E-state index in [1.807, 2.05) is 6.92 Å². The SMILES string of the molecule is CCCc1c(F)cnc2cc(Cn3cccc(NC(=O)[C@H](CC/C=C/C(=O)N(C)C)OC(=O)N(C)C)c3=O)[nH]c12. The lowest BCUT2D eigenvalue weighted by atomic mass is 10.1. The van der Waals surface area contributed by atoms with Crippen LogP contribution in [-0.4, -0.2) is 76.5 Å². The summed E-state index contributed by atoms with van der Waals surface area (Å²) < 4.78 is 21.0. The van der Waals surface area contributed by atoms with Gasteiger partial charge in [0.1, 0.15) is 11.5 Å². The third kappa shape index (κ3) is 7.55. The third-order valence-electron chi connectivity index (χ3n) is 6.08. The lowest BCUT2D eigenvalue weighted by molar-refractivity contribution is -0.125. The Bertz CT molecular complexity index is 1460. The summed E-state index contributed by atoms with van der Waals surface area (Å²) in [5, 5.41) is 2.57. The Labute approximate surface area is 231 Å². The molecule has 0 aliphatic heterocycles. The van der Waals surface area contributed by atoms with Crippen molar-refractivity contribution in [3.63, 3.8) is 0 Å². The van der Waals surface area contributed by atoms with Gasteiger partial charge in [0.05, 0.1) is 23.8 Å². The standard InChI is InChI=1S/C28H35FN6O5/c1-6-10-19-20(29)16-30-22-15-18(31-25(19)22)17-35-14-9-11-21(27(35)38)32-26(37)23(40-28(39)34(4)5)12-7-8-13-24(36)33(2)3/h8-9,11,13-16,23,31H,6-7,10,12,17H2,1-5H3,(H,32,37)/b13-8+/t23-/m0/s1. The molecule has 0 bridgehead atoms. The number of H-pyrrole nitrogens is 1. The van der Waals surface area contributed by atoms with Crippen LogP contribution in [0.25, 0.3) is 11.0 Å². The molecule has 12 heteroatoms. The number of anilines is 1. The van der Waals surface area contributed by atoms with E-state index < -0.39 is 23.7 Å². The van der Waals surface area contributed by atoms with Gasteiger partial charge in [-0.1, -0.05) is 19.4 Å². The molecule has 3 amide bonds. The van der Waals surface area contributed by atoms with Gasteiger partial charge in [0, 0.05) is 45.6 Å². The first-order valence-corrected chi connectivity index (χ1v) is 12.9. The van der Waals surface area contributed by atoms with Gasteiger partial charge in [0.2, 0.25) is 5.91 Å². The minimum absolute atomic E-state index is 0.00341. The Morgan fingerprint density at radius 2 is 1.98 bits per heavy atom. The van der Waals surface area contributed by atoms with Gasteiger partial charge in [0.25, 0.3) is 11.5 Å². The summed E-state index contributed by atoms with van der Waals surface area (Å²) >= 11 is 0. The fraction of sp³-hybridized carbons (Fsp3) is 0.393. The van der Waals surface area contributed by atoms with Gasteiger partial charge in [-0.15, -0.1) is 0 Å². The number of hydrogen-bond acceptors (Lipinski definition) is 6. The van der Waals surface area contributed by atoms with Crippen LogP contribution in [0.5, 0.6) is 0 Å². The first-order chi connectivity index (χ1) is 19.0. The Kier molecular flexibility index (Phi) is 10.2. The molecule has 3 aromatic rings. The first kappa shape index (κ1) is 30.1. The molecule has 0 aliphatic carbocycles. The highest BCUT2D eigenvalue weighted by Gasteiger charge is 2.24. The Hall–Kier alpha value is -4.48. The molecule has 3 heterocycles. The van der Waals surface area contributed by atoms with Gasteiger partial charge in [-0.2, -0.15) is 0 Å². The summed E-state index contributed by atoms with van der Waals surface area (Å²) in [5.74, 6) is -1.27. The number of ether oxygens (including phenoxy) is 1. The van der Waals surface area contributed by atoms with Gasteiger partial charge in [-0.3, -0.25) is 19.4 Å². The van der Waals surface area contributed by atoms with Crippen molar-refractivity contribution in [1.29, 1.82) is 0 Å². The van der Waals surface area contributed by atoms with Crippen LogP contribution >= 0.6 is 0 Å². The molecule has 2 N–H and O–H groups in total. The molecule has 11 nitrogen and oxygen atoms in total. The maximum absolute atomic E-state index is 14.3. The first-order valence-electron chi connectivity index (χ1n) is 12.9. The number of halogens is 1. The highest BCUT2D eigenvalue weighted by Crippen LogP contribution is 2.22. The van der Waals surface area contributed by atoms with Crippen molar-refractivity contribution in [3.05, 3.63) is 70.2 Å². The zero-order valence-electron chi connectivity index (χ0n) is 23.4. The van der Waals surface area contributed by atoms with Crippen LogP contribution in [0.3, 0.4) is 0 Å². The van der Waals surface area contributed by atoms with E-state index in [0.29, 0.717) is 28.7 Å². The smallest absolute Gasteiger partial charge is 0.410 e. The van der Waals surface area contributed by atoms with E-state index in [4.69, 9.17) is 4.74 Å². The molecule has 0 radical (unpaired) electrons. The summed E-state index contributed by atoms with van der Waals surface area (Å²) in [5.41, 5.74) is 1.92. The fourth-order valence-electron chi connectivity index (χ4n) is 3.94. The number of aryl methyl sites for hydroxylation is 1. The van der Waals surface area contributed by atoms with E-state index in [0.717, 1.165) is 6.42 Å². The van der Waals surface area contributed by atoms with E-state index in [1.165, 1.54) is 46.8 Å². The average Bonchev–Trinajstić information content (AvgIpc) is 3.32. The summed E-state index contributed by atoms with van der Waals surface area (Å²) in [6.45, 7) is 2.10. The maximum Gasteiger partial charge on any atom is 0.410 e. The maximum atomic E-state index is 14.3. The number of nitrogens with zero attached hydrogens (tertiary/aromatic N) is 4. The number of likely N-dealkylation sites (N-methyl/N-ethyl adjacent to an activating group) is 1. The van der Waals surface area contributed by atoms with Crippen LogP contribution in [0, 0.1) is 5.82 Å². The predicted molar refractivity (Wildman–Crippen MR) is 150 cm³/mol. The Morgan fingerprint density at radius 3 is 2.65 bits per heavy atom. The highest BCUT2D eigenvalue weighted by atomic mass is 19.1. The number of rotatable bonds is 11. The molecule has 214 valence electrons. The van der Waals surface area contributed by atoms with Gasteiger partial charge in [-0.05, 0) is 43.5 Å². The molecule has 3 rings (SSSR count). The van der Waals surface area contributed by atoms with Gasteiger partial charge in [0.15, 0.2) is 6.10 Å². The highest BCUT2D eigenvalue weighted by molar-refractivity contribution is 5.95. The summed E-state index contributed by atoms with van der Waals surface area (Å²) in [4.78, 5) is 60.1. The van der Waals surface area contributed by atoms with Crippen molar-refractivity contribution in [2.45, 2.75) is 45.3 Å². The van der Waals surface area contributed by atoms with E-state index in [9.17, 15) is 23.6 Å². The largest absolute Gasteiger partial charge is 0.436 e. The van der Waals surface area contributed by atoms with E-state index in [-0.39, 0.29) is 36.8 Å². The lowest BCUT2D eigenvalue weighted by Crippen LogP contribution is -2.37. The number of aromatic nitrogens is 3. The predicted octanol–water partition coefficient (Wildman–Crippen LogP) is 3.29. The topological polar surface area (TPSA) is 130 Å². The molecular formula is C28H35FN6O5.